The van der Waals surface area contributed by atoms with Crippen LogP contribution in [0.1, 0.15) is 29.5 Å². The summed E-state index contributed by atoms with van der Waals surface area (Å²) in [6, 6.07) is 5.23. The zero-order valence-corrected chi connectivity index (χ0v) is 11.8. The van der Waals surface area contributed by atoms with Gasteiger partial charge < -0.3 is 4.98 Å². The van der Waals surface area contributed by atoms with E-state index in [9.17, 15) is 0 Å². The molecule has 0 saturated heterocycles. The molecule has 2 heteroatoms. The molecule has 0 bridgehead atoms. The van der Waals surface area contributed by atoms with E-state index in [1.165, 1.54) is 39.6 Å². The zero-order valence-electron chi connectivity index (χ0n) is 11.8. The molecule has 2 heterocycles. The van der Waals surface area contributed by atoms with Crippen LogP contribution in [0.25, 0.3) is 10.9 Å². The number of hydrogen-bond donors (Lipinski definition) is 1. The third-order valence-corrected chi connectivity index (χ3v) is 4.89. The fraction of sp³-hybridized carbons (Fsp3) is 0.412. The van der Waals surface area contributed by atoms with Crippen LogP contribution < -0.4 is 0 Å². The highest BCUT2D eigenvalue weighted by molar-refractivity contribution is 5.91. The van der Waals surface area contributed by atoms with Crippen LogP contribution in [0.5, 0.6) is 0 Å². The summed E-state index contributed by atoms with van der Waals surface area (Å²) < 4.78 is 0. The van der Waals surface area contributed by atoms with Gasteiger partial charge in [0.05, 0.1) is 0 Å². The molecule has 1 aromatic carbocycles. The normalized spacial score (nSPS) is 26.4. The van der Waals surface area contributed by atoms with Crippen molar-refractivity contribution in [3.8, 4) is 0 Å². The van der Waals surface area contributed by atoms with Crippen LogP contribution >= 0.6 is 0 Å². The van der Waals surface area contributed by atoms with Gasteiger partial charge >= 0.3 is 0 Å². The van der Waals surface area contributed by atoms with Crippen LogP contribution in [0.4, 0.5) is 0 Å². The van der Waals surface area contributed by atoms with Gasteiger partial charge in [-0.1, -0.05) is 23.8 Å². The van der Waals surface area contributed by atoms with E-state index in [0.717, 1.165) is 6.54 Å². The van der Waals surface area contributed by atoms with Crippen molar-refractivity contribution in [1.29, 1.82) is 0 Å². The van der Waals surface area contributed by atoms with Gasteiger partial charge in [-0.05, 0) is 44.0 Å². The predicted octanol–water partition coefficient (Wildman–Crippen LogP) is 3.38. The van der Waals surface area contributed by atoms with Crippen molar-refractivity contribution >= 4 is 10.9 Å². The lowest BCUT2D eigenvalue weighted by atomic mass is 9.76. The fourth-order valence-corrected chi connectivity index (χ4v) is 3.99. The van der Waals surface area contributed by atoms with Crippen molar-refractivity contribution in [3.63, 3.8) is 0 Å². The number of nitrogens with zero attached hydrogens (tertiary/aromatic N) is 1. The van der Waals surface area contributed by atoms with Crippen molar-refractivity contribution in [3.05, 3.63) is 46.7 Å². The number of aryl methyl sites for hydroxylation is 1. The molecule has 0 saturated carbocycles. The summed E-state index contributed by atoms with van der Waals surface area (Å²) in [4.78, 5) is 6.00. The van der Waals surface area contributed by atoms with Gasteiger partial charge in [-0.15, -0.1) is 0 Å². The largest absolute Gasteiger partial charge is 0.361 e. The highest BCUT2D eigenvalue weighted by atomic mass is 15.1. The second kappa shape index (κ2) is 3.73. The Bertz CT molecular complexity index is 693. The van der Waals surface area contributed by atoms with Crippen molar-refractivity contribution in [2.75, 3.05) is 13.6 Å². The minimum absolute atomic E-state index is 0.560. The molecule has 2 atom stereocenters. The molecule has 0 spiro atoms. The number of rotatable bonds is 0. The highest BCUT2D eigenvalue weighted by Gasteiger charge is 2.35. The molecule has 4 rings (SSSR count). The molecule has 1 aromatic heterocycles. The fourth-order valence-electron chi connectivity index (χ4n) is 3.99. The summed E-state index contributed by atoms with van der Waals surface area (Å²) in [5, 5.41) is 1.49. The van der Waals surface area contributed by atoms with E-state index >= 15 is 0 Å². The van der Waals surface area contributed by atoms with Gasteiger partial charge in [-0.25, -0.2) is 0 Å². The first-order chi connectivity index (χ1) is 9.15. The van der Waals surface area contributed by atoms with E-state index in [2.05, 4.69) is 55.2 Å². The molecule has 2 aliphatic rings. The van der Waals surface area contributed by atoms with Crippen LogP contribution in [-0.2, 0) is 6.42 Å². The number of hydrogen-bond acceptors (Lipinski definition) is 1. The second-order valence-electron chi connectivity index (χ2n) is 6.26. The van der Waals surface area contributed by atoms with Crippen LogP contribution in [-0.4, -0.2) is 29.5 Å². The van der Waals surface area contributed by atoms with Gasteiger partial charge in [-0.3, -0.25) is 4.90 Å². The maximum atomic E-state index is 3.48. The summed E-state index contributed by atoms with van der Waals surface area (Å²) >= 11 is 0. The number of likely N-dealkylation sites (N-methyl/N-ethyl adjacent to an activating group) is 1. The Balaban J connectivity index is 2.00. The van der Waals surface area contributed by atoms with Gasteiger partial charge in [0.25, 0.3) is 0 Å². The maximum Gasteiger partial charge on any atom is 0.0489 e. The van der Waals surface area contributed by atoms with E-state index in [1.54, 1.807) is 0 Å². The van der Waals surface area contributed by atoms with E-state index in [1.807, 2.05) is 0 Å². The van der Waals surface area contributed by atoms with E-state index in [4.69, 9.17) is 0 Å². The molecule has 2 nitrogen and oxygen atoms in total. The Morgan fingerprint density at radius 2 is 2.11 bits per heavy atom. The molecule has 0 fully saturated rings. The van der Waals surface area contributed by atoms with Crippen LogP contribution in [0.3, 0.4) is 0 Å². The average molecular weight is 252 g/mol. The van der Waals surface area contributed by atoms with Gasteiger partial charge in [0, 0.05) is 35.6 Å². The number of nitrogens with one attached hydrogen (secondary N) is 1. The first kappa shape index (κ1) is 11.3. The van der Waals surface area contributed by atoms with Gasteiger partial charge in [0.15, 0.2) is 0 Å². The number of aromatic nitrogens is 1. The quantitative estimate of drug-likeness (QED) is 0.712. The van der Waals surface area contributed by atoms with Crippen molar-refractivity contribution in [2.24, 2.45) is 0 Å². The van der Waals surface area contributed by atoms with Crippen LogP contribution in [0.15, 0.2) is 30.0 Å². The molecule has 1 aliphatic heterocycles. The van der Waals surface area contributed by atoms with Crippen LogP contribution in [0, 0.1) is 6.92 Å². The number of H-pyrrole nitrogens is 1. The first-order valence-corrected chi connectivity index (χ1v) is 7.12. The summed E-state index contributed by atoms with van der Waals surface area (Å²) in [5.41, 5.74) is 7.20. The molecular formula is C17H20N2. The van der Waals surface area contributed by atoms with E-state index in [0.29, 0.717) is 12.0 Å². The lowest BCUT2D eigenvalue weighted by Gasteiger charge is -2.40. The Morgan fingerprint density at radius 1 is 1.26 bits per heavy atom. The number of aromatic amines is 1. The van der Waals surface area contributed by atoms with Crippen molar-refractivity contribution in [1.82, 2.24) is 9.88 Å². The molecule has 1 aliphatic carbocycles. The molecule has 19 heavy (non-hydrogen) atoms. The Labute approximate surface area is 114 Å². The SMILES string of the molecule is CC1=C[C@H]2c3ccc(C)c4[nH]cc(c34)C[C@H]2N(C)C1. The average Bonchev–Trinajstić information content (AvgIpc) is 2.79. The van der Waals surface area contributed by atoms with E-state index in [-0.39, 0.29) is 0 Å². The Kier molecular flexibility index (Phi) is 2.22. The topological polar surface area (TPSA) is 19.0 Å². The smallest absolute Gasteiger partial charge is 0.0489 e. The molecule has 1 N–H and O–H groups in total. The third kappa shape index (κ3) is 1.47. The molecule has 2 aromatic rings. The maximum absolute atomic E-state index is 3.48. The monoisotopic (exact) mass is 252 g/mol. The zero-order chi connectivity index (χ0) is 13.1. The lowest BCUT2D eigenvalue weighted by molar-refractivity contribution is 0.224. The summed E-state index contributed by atoms with van der Waals surface area (Å²) in [6.45, 7) is 5.56. The van der Waals surface area contributed by atoms with Gasteiger partial charge in [0.1, 0.15) is 0 Å². The van der Waals surface area contributed by atoms with Crippen LogP contribution in [0.2, 0.25) is 0 Å². The first-order valence-electron chi connectivity index (χ1n) is 7.12. The van der Waals surface area contributed by atoms with Crippen molar-refractivity contribution in [2.45, 2.75) is 32.2 Å². The molecule has 98 valence electrons. The Morgan fingerprint density at radius 3 is 2.95 bits per heavy atom. The predicted molar refractivity (Wildman–Crippen MR) is 79.7 cm³/mol. The van der Waals surface area contributed by atoms with E-state index < -0.39 is 0 Å². The minimum atomic E-state index is 0.560. The molecular weight excluding hydrogens is 232 g/mol. The Hall–Kier alpha value is -1.54. The van der Waals surface area contributed by atoms with Gasteiger partial charge in [-0.2, -0.15) is 0 Å². The third-order valence-electron chi connectivity index (χ3n) is 4.89. The highest BCUT2D eigenvalue weighted by Crippen LogP contribution is 2.42. The standard InChI is InChI=1S/C17H20N2/c1-10-6-14-13-5-4-11(2)17-16(13)12(8-18-17)7-15(14)19(3)9-10/h4-6,8,14-15,18H,7,9H2,1-3H3/t14-,15+/m0/s1. The molecule has 0 unspecified atom stereocenters. The summed E-state index contributed by atoms with van der Waals surface area (Å²) in [7, 11) is 2.26. The minimum Gasteiger partial charge on any atom is -0.361 e. The number of benzene rings is 1. The lowest BCUT2D eigenvalue weighted by Crippen LogP contribution is -2.43. The molecule has 0 amide bonds. The number of fused-ring (bicyclic) bond motifs is 2. The van der Waals surface area contributed by atoms with Gasteiger partial charge in [0.2, 0.25) is 0 Å². The second-order valence-corrected chi connectivity index (χ2v) is 6.26. The summed E-state index contributed by atoms with van der Waals surface area (Å²) in [6.07, 6.45) is 5.88. The molecule has 0 radical (unpaired) electrons. The van der Waals surface area contributed by atoms with Crippen molar-refractivity contribution < 1.29 is 0 Å². The summed E-state index contributed by atoms with van der Waals surface area (Å²) in [5.74, 6) is 0.560.